The van der Waals surface area contributed by atoms with Crippen LogP contribution >= 0.6 is 24.0 Å². The van der Waals surface area contributed by atoms with Crippen LogP contribution in [-0.4, -0.2) is 38.8 Å². The zero-order valence-corrected chi connectivity index (χ0v) is 16.3. The summed E-state index contributed by atoms with van der Waals surface area (Å²) in [5.41, 5.74) is 1.16. The number of rotatable bonds is 9. The molecule has 2 rings (SSSR count). The molecule has 1 aromatic carbocycles. The van der Waals surface area contributed by atoms with Crippen molar-refractivity contribution in [2.45, 2.75) is 38.8 Å². The minimum Gasteiger partial charge on any atom is -0.497 e. The van der Waals surface area contributed by atoms with Crippen molar-refractivity contribution in [2.24, 2.45) is 4.99 Å². The van der Waals surface area contributed by atoms with E-state index in [9.17, 15) is 0 Å². The summed E-state index contributed by atoms with van der Waals surface area (Å²) in [6.07, 6.45) is 3.45. The second-order valence-corrected chi connectivity index (χ2v) is 5.43. The van der Waals surface area contributed by atoms with E-state index in [1.807, 2.05) is 24.3 Å². The first-order chi connectivity index (χ1) is 10.8. The fraction of sp³-hybridized carbons (Fsp3) is 0.588. The van der Waals surface area contributed by atoms with Crippen LogP contribution in [0.15, 0.2) is 29.3 Å². The maximum atomic E-state index is 5.68. The van der Waals surface area contributed by atoms with E-state index in [4.69, 9.17) is 9.47 Å². The maximum absolute atomic E-state index is 5.68. The standard InChI is InChI=1S/C17H27N3O2.HI/c1-3-18-17(20-15-7-8-15)19-11-4-12-22-13-14-5-9-16(21-2)10-6-14;/h5-6,9-10,15H,3-4,7-8,11-13H2,1-2H3,(H2,18,19,20);1H. The summed E-state index contributed by atoms with van der Waals surface area (Å²) in [6, 6.07) is 8.59. The smallest absolute Gasteiger partial charge is 0.191 e. The highest BCUT2D eigenvalue weighted by Gasteiger charge is 2.21. The van der Waals surface area contributed by atoms with Gasteiger partial charge in [0.05, 0.1) is 13.7 Å². The second-order valence-electron chi connectivity index (χ2n) is 5.43. The molecule has 1 aliphatic carbocycles. The molecule has 6 heteroatoms. The number of hydrogen-bond acceptors (Lipinski definition) is 3. The first-order valence-electron chi connectivity index (χ1n) is 8.07. The molecule has 130 valence electrons. The van der Waals surface area contributed by atoms with Crippen LogP contribution in [0.5, 0.6) is 5.75 Å². The molecule has 1 fully saturated rings. The molecule has 0 radical (unpaired) electrons. The number of guanidine groups is 1. The van der Waals surface area contributed by atoms with Crippen molar-refractivity contribution in [3.8, 4) is 5.75 Å². The van der Waals surface area contributed by atoms with Crippen LogP contribution in [0, 0.1) is 0 Å². The molecule has 0 amide bonds. The molecule has 0 spiro atoms. The average molecular weight is 433 g/mol. The van der Waals surface area contributed by atoms with Crippen molar-refractivity contribution in [1.82, 2.24) is 10.6 Å². The summed E-state index contributed by atoms with van der Waals surface area (Å²) in [5.74, 6) is 1.80. The summed E-state index contributed by atoms with van der Waals surface area (Å²) < 4.78 is 10.8. The van der Waals surface area contributed by atoms with E-state index in [2.05, 4.69) is 22.5 Å². The summed E-state index contributed by atoms with van der Waals surface area (Å²) in [5, 5.41) is 6.67. The largest absolute Gasteiger partial charge is 0.497 e. The zero-order chi connectivity index (χ0) is 15.6. The summed E-state index contributed by atoms with van der Waals surface area (Å²) in [7, 11) is 1.67. The molecule has 1 aliphatic rings. The normalized spacial score (nSPS) is 14.1. The Labute approximate surface area is 156 Å². The Kier molecular flexibility index (Phi) is 10.0. The number of benzene rings is 1. The van der Waals surface area contributed by atoms with Crippen molar-refractivity contribution in [3.63, 3.8) is 0 Å². The molecular weight excluding hydrogens is 405 g/mol. The van der Waals surface area contributed by atoms with Gasteiger partial charge in [-0.15, -0.1) is 24.0 Å². The zero-order valence-electron chi connectivity index (χ0n) is 14.0. The molecule has 1 aromatic rings. The minimum absolute atomic E-state index is 0. The Bertz CT molecular complexity index is 461. The molecule has 0 saturated heterocycles. The van der Waals surface area contributed by atoms with E-state index in [-0.39, 0.29) is 24.0 Å². The second kappa shape index (κ2) is 11.5. The van der Waals surface area contributed by atoms with Gasteiger partial charge in [0.1, 0.15) is 5.75 Å². The highest BCUT2D eigenvalue weighted by Crippen LogP contribution is 2.18. The topological polar surface area (TPSA) is 54.9 Å². The van der Waals surface area contributed by atoms with Gasteiger partial charge < -0.3 is 20.1 Å². The SMILES string of the molecule is CCNC(=NCCCOCc1ccc(OC)cc1)NC1CC1.I. The monoisotopic (exact) mass is 433 g/mol. The first-order valence-corrected chi connectivity index (χ1v) is 8.07. The number of nitrogens with zero attached hydrogens (tertiary/aromatic N) is 1. The number of hydrogen-bond donors (Lipinski definition) is 2. The Hall–Kier alpha value is -1.02. The third kappa shape index (κ3) is 8.41. The molecule has 0 heterocycles. The molecule has 0 aliphatic heterocycles. The summed E-state index contributed by atoms with van der Waals surface area (Å²) >= 11 is 0. The minimum atomic E-state index is 0. The van der Waals surface area contributed by atoms with Crippen LogP contribution in [-0.2, 0) is 11.3 Å². The van der Waals surface area contributed by atoms with Crippen LogP contribution < -0.4 is 15.4 Å². The van der Waals surface area contributed by atoms with Gasteiger partial charge in [-0.05, 0) is 43.9 Å². The fourth-order valence-corrected chi connectivity index (χ4v) is 2.01. The van der Waals surface area contributed by atoms with Crippen molar-refractivity contribution in [3.05, 3.63) is 29.8 Å². The molecular formula is C17H28IN3O2. The van der Waals surface area contributed by atoms with E-state index in [1.54, 1.807) is 7.11 Å². The van der Waals surface area contributed by atoms with Gasteiger partial charge >= 0.3 is 0 Å². The molecule has 23 heavy (non-hydrogen) atoms. The van der Waals surface area contributed by atoms with E-state index in [0.29, 0.717) is 12.6 Å². The molecule has 0 aromatic heterocycles. The molecule has 0 unspecified atom stereocenters. The highest BCUT2D eigenvalue weighted by molar-refractivity contribution is 14.0. The van der Waals surface area contributed by atoms with E-state index < -0.39 is 0 Å². The van der Waals surface area contributed by atoms with Crippen molar-refractivity contribution >= 4 is 29.9 Å². The van der Waals surface area contributed by atoms with Gasteiger partial charge in [-0.3, -0.25) is 4.99 Å². The Morgan fingerprint density at radius 2 is 2.00 bits per heavy atom. The van der Waals surface area contributed by atoms with E-state index >= 15 is 0 Å². The van der Waals surface area contributed by atoms with Crippen LogP contribution in [0.1, 0.15) is 31.7 Å². The summed E-state index contributed by atoms with van der Waals surface area (Å²) in [6.45, 7) is 5.12. The highest BCUT2D eigenvalue weighted by atomic mass is 127. The van der Waals surface area contributed by atoms with Gasteiger partial charge in [-0.25, -0.2) is 0 Å². The van der Waals surface area contributed by atoms with Gasteiger partial charge in [0.25, 0.3) is 0 Å². The van der Waals surface area contributed by atoms with Crippen LogP contribution in [0.4, 0.5) is 0 Å². The van der Waals surface area contributed by atoms with Crippen LogP contribution in [0.3, 0.4) is 0 Å². The molecule has 0 atom stereocenters. The third-order valence-corrected chi connectivity index (χ3v) is 3.41. The number of methoxy groups -OCH3 is 1. The molecule has 0 bridgehead atoms. The summed E-state index contributed by atoms with van der Waals surface area (Å²) in [4.78, 5) is 4.56. The predicted molar refractivity (Wildman–Crippen MR) is 105 cm³/mol. The molecule has 1 saturated carbocycles. The third-order valence-electron chi connectivity index (χ3n) is 3.41. The van der Waals surface area contributed by atoms with Crippen molar-refractivity contribution < 1.29 is 9.47 Å². The Morgan fingerprint density at radius 1 is 1.26 bits per heavy atom. The van der Waals surface area contributed by atoms with E-state index in [0.717, 1.165) is 43.4 Å². The quantitative estimate of drug-likeness (QED) is 0.272. The number of ether oxygens (including phenoxy) is 2. The molecule has 2 N–H and O–H groups in total. The van der Waals surface area contributed by atoms with Gasteiger partial charge in [0, 0.05) is 25.7 Å². The first kappa shape index (κ1) is 20.0. The lowest BCUT2D eigenvalue weighted by Crippen LogP contribution is -2.38. The van der Waals surface area contributed by atoms with Crippen molar-refractivity contribution in [1.29, 1.82) is 0 Å². The lowest BCUT2D eigenvalue weighted by atomic mass is 10.2. The molecule has 5 nitrogen and oxygen atoms in total. The Balaban J connectivity index is 0.00000264. The van der Waals surface area contributed by atoms with Crippen LogP contribution in [0.25, 0.3) is 0 Å². The van der Waals surface area contributed by atoms with Crippen LogP contribution in [0.2, 0.25) is 0 Å². The fourth-order valence-electron chi connectivity index (χ4n) is 2.01. The lowest BCUT2D eigenvalue weighted by molar-refractivity contribution is 0.120. The van der Waals surface area contributed by atoms with Gasteiger partial charge in [-0.2, -0.15) is 0 Å². The number of nitrogens with one attached hydrogen (secondary N) is 2. The van der Waals surface area contributed by atoms with Gasteiger partial charge in [-0.1, -0.05) is 12.1 Å². The van der Waals surface area contributed by atoms with Gasteiger partial charge in [0.15, 0.2) is 5.96 Å². The van der Waals surface area contributed by atoms with E-state index in [1.165, 1.54) is 12.8 Å². The van der Waals surface area contributed by atoms with Gasteiger partial charge in [0.2, 0.25) is 0 Å². The average Bonchev–Trinajstić information content (AvgIpc) is 3.35. The van der Waals surface area contributed by atoms with Crippen molar-refractivity contribution in [2.75, 3.05) is 26.8 Å². The number of halogens is 1. The number of aliphatic imine (C=N–C) groups is 1. The lowest BCUT2D eigenvalue weighted by Gasteiger charge is -2.10. The predicted octanol–water partition coefficient (Wildman–Crippen LogP) is 2.94. The Morgan fingerprint density at radius 3 is 2.61 bits per heavy atom. The maximum Gasteiger partial charge on any atom is 0.191 e.